The van der Waals surface area contributed by atoms with Crippen molar-refractivity contribution < 1.29 is 4.74 Å². The molecule has 62 valence electrons. The van der Waals surface area contributed by atoms with Gasteiger partial charge in [-0.25, -0.2) is 0 Å². The van der Waals surface area contributed by atoms with Crippen LogP contribution in [-0.4, -0.2) is 13.7 Å². The van der Waals surface area contributed by atoms with Gasteiger partial charge >= 0.3 is 0 Å². The Kier molecular flexibility index (Phi) is 2.89. The molecule has 11 heavy (non-hydrogen) atoms. The van der Waals surface area contributed by atoms with Crippen molar-refractivity contribution >= 4 is 0 Å². The Labute approximate surface area is 68.8 Å². The minimum atomic E-state index is 0.508. The van der Waals surface area contributed by atoms with Gasteiger partial charge in [-0.05, 0) is 20.3 Å². The van der Waals surface area contributed by atoms with Gasteiger partial charge in [-0.1, -0.05) is 23.3 Å². The van der Waals surface area contributed by atoms with E-state index >= 15 is 0 Å². The van der Waals surface area contributed by atoms with Gasteiger partial charge in [0.1, 0.15) is 0 Å². The molecule has 0 bridgehead atoms. The standard InChI is InChI=1S/C10H16O/c1-8-4-9(2)6-10(5-8)7-11-3/h5-6,10H,4,7H2,1-3H3. The van der Waals surface area contributed by atoms with Gasteiger partial charge < -0.3 is 4.74 Å². The van der Waals surface area contributed by atoms with E-state index in [1.54, 1.807) is 7.11 Å². The van der Waals surface area contributed by atoms with E-state index < -0.39 is 0 Å². The molecule has 1 aliphatic rings. The maximum Gasteiger partial charge on any atom is 0.0559 e. The molecule has 0 aromatic rings. The highest BCUT2D eigenvalue weighted by molar-refractivity contribution is 5.22. The molecule has 0 heterocycles. The van der Waals surface area contributed by atoms with E-state index in [1.807, 2.05) is 0 Å². The number of hydrogen-bond acceptors (Lipinski definition) is 1. The molecule has 1 aliphatic carbocycles. The largest absolute Gasteiger partial charge is 0.384 e. The monoisotopic (exact) mass is 152 g/mol. The lowest BCUT2D eigenvalue weighted by Gasteiger charge is -2.16. The lowest BCUT2D eigenvalue weighted by atomic mass is 9.93. The van der Waals surface area contributed by atoms with Crippen LogP contribution in [0.3, 0.4) is 0 Å². The molecule has 0 saturated carbocycles. The van der Waals surface area contributed by atoms with Crippen LogP contribution in [0.15, 0.2) is 23.3 Å². The Hall–Kier alpha value is -0.560. The fourth-order valence-electron chi connectivity index (χ4n) is 1.63. The molecule has 1 rings (SSSR count). The van der Waals surface area contributed by atoms with Crippen molar-refractivity contribution in [3.05, 3.63) is 23.3 Å². The first-order valence-electron chi connectivity index (χ1n) is 4.06. The van der Waals surface area contributed by atoms with E-state index in [0.29, 0.717) is 5.92 Å². The highest BCUT2D eigenvalue weighted by Gasteiger charge is 2.08. The summed E-state index contributed by atoms with van der Waals surface area (Å²) in [6.07, 6.45) is 5.72. The first-order valence-corrected chi connectivity index (χ1v) is 4.06. The Morgan fingerprint density at radius 3 is 2.36 bits per heavy atom. The van der Waals surface area contributed by atoms with Crippen LogP contribution in [-0.2, 0) is 4.74 Å². The van der Waals surface area contributed by atoms with Crippen molar-refractivity contribution in [3.8, 4) is 0 Å². The maximum absolute atomic E-state index is 5.09. The van der Waals surface area contributed by atoms with Gasteiger partial charge in [0.25, 0.3) is 0 Å². The number of hydrogen-bond donors (Lipinski definition) is 0. The minimum absolute atomic E-state index is 0.508. The van der Waals surface area contributed by atoms with Crippen molar-refractivity contribution in [2.24, 2.45) is 5.92 Å². The zero-order valence-corrected chi connectivity index (χ0v) is 7.55. The summed E-state index contributed by atoms with van der Waals surface area (Å²) in [4.78, 5) is 0. The summed E-state index contributed by atoms with van der Waals surface area (Å²) in [5, 5.41) is 0. The average Bonchev–Trinajstić information content (AvgIpc) is 1.85. The van der Waals surface area contributed by atoms with Crippen LogP contribution in [0.1, 0.15) is 20.3 Å². The fraction of sp³-hybridized carbons (Fsp3) is 0.600. The summed E-state index contributed by atoms with van der Waals surface area (Å²) in [7, 11) is 1.75. The Bertz CT molecular complexity index is 171. The molecular weight excluding hydrogens is 136 g/mol. The molecule has 0 aromatic heterocycles. The van der Waals surface area contributed by atoms with Crippen LogP contribution in [0.4, 0.5) is 0 Å². The highest BCUT2D eigenvalue weighted by atomic mass is 16.5. The number of rotatable bonds is 2. The van der Waals surface area contributed by atoms with Crippen LogP contribution in [0.25, 0.3) is 0 Å². The molecule has 0 fully saturated rings. The summed E-state index contributed by atoms with van der Waals surface area (Å²) >= 11 is 0. The SMILES string of the molecule is COCC1C=C(C)CC(C)=C1. The zero-order chi connectivity index (χ0) is 8.27. The highest BCUT2D eigenvalue weighted by Crippen LogP contribution is 2.21. The van der Waals surface area contributed by atoms with Gasteiger partial charge in [-0.15, -0.1) is 0 Å². The first kappa shape index (κ1) is 8.54. The molecule has 0 N–H and O–H groups in total. The topological polar surface area (TPSA) is 9.23 Å². The quantitative estimate of drug-likeness (QED) is 0.552. The van der Waals surface area contributed by atoms with Crippen LogP contribution in [0.2, 0.25) is 0 Å². The van der Waals surface area contributed by atoms with Crippen LogP contribution in [0.5, 0.6) is 0 Å². The van der Waals surface area contributed by atoms with Gasteiger partial charge in [-0.3, -0.25) is 0 Å². The molecule has 0 atom stereocenters. The summed E-state index contributed by atoms with van der Waals surface area (Å²) in [5.41, 5.74) is 2.93. The molecule has 0 saturated heterocycles. The predicted octanol–water partition coefficient (Wildman–Crippen LogP) is 2.55. The summed E-state index contributed by atoms with van der Waals surface area (Å²) < 4.78 is 5.09. The second kappa shape index (κ2) is 3.72. The summed E-state index contributed by atoms with van der Waals surface area (Å²) in [6.45, 7) is 5.17. The van der Waals surface area contributed by atoms with Gasteiger partial charge in [0.15, 0.2) is 0 Å². The Morgan fingerprint density at radius 1 is 1.36 bits per heavy atom. The molecule has 1 heteroatoms. The lowest BCUT2D eigenvalue weighted by Crippen LogP contribution is -2.06. The maximum atomic E-state index is 5.09. The van der Waals surface area contributed by atoms with E-state index in [9.17, 15) is 0 Å². The predicted molar refractivity (Wildman–Crippen MR) is 47.5 cm³/mol. The molecule has 0 unspecified atom stereocenters. The van der Waals surface area contributed by atoms with Gasteiger partial charge in [-0.2, -0.15) is 0 Å². The Balaban J connectivity index is 2.58. The van der Waals surface area contributed by atoms with Crippen molar-refractivity contribution in [1.82, 2.24) is 0 Å². The van der Waals surface area contributed by atoms with Crippen molar-refractivity contribution in [1.29, 1.82) is 0 Å². The average molecular weight is 152 g/mol. The molecule has 1 nitrogen and oxygen atoms in total. The van der Waals surface area contributed by atoms with E-state index in [1.165, 1.54) is 11.1 Å². The van der Waals surface area contributed by atoms with E-state index in [-0.39, 0.29) is 0 Å². The molecule has 0 aliphatic heterocycles. The molecule has 0 radical (unpaired) electrons. The van der Waals surface area contributed by atoms with Crippen molar-refractivity contribution in [3.63, 3.8) is 0 Å². The number of methoxy groups -OCH3 is 1. The zero-order valence-electron chi connectivity index (χ0n) is 7.55. The van der Waals surface area contributed by atoms with Gasteiger partial charge in [0.05, 0.1) is 6.61 Å². The second-order valence-corrected chi connectivity index (χ2v) is 3.32. The van der Waals surface area contributed by atoms with Crippen molar-refractivity contribution in [2.75, 3.05) is 13.7 Å². The third kappa shape index (κ3) is 2.51. The molecule has 0 spiro atoms. The van der Waals surface area contributed by atoms with E-state index in [2.05, 4.69) is 26.0 Å². The number of ether oxygens (including phenoxy) is 1. The van der Waals surface area contributed by atoms with Gasteiger partial charge in [0, 0.05) is 13.0 Å². The molecular formula is C10H16O. The first-order chi connectivity index (χ1) is 5.22. The van der Waals surface area contributed by atoms with Crippen LogP contribution in [0, 0.1) is 5.92 Å². The molecule has 0 aromatic carbocycles. The third-order valence-corrected chi connectivity index (χ3v) is 1.91. The third-order valence-electron chi connectivity index (χ3n) is 1.91. The Morgan fingerprint density at radius 2 is 1.91 bits per heavy atom. The van der Waals surface area contributed by atoms with Gasteiger partial charge in [0.2, 0.25) is 0 Å². The minimum Gasteiger partial charge on any atom is -0.384 e. The normalized spacial score (nSPS) is 19.5. The summed E-state index contributed by atoms with van der Waals surface area (Å²) in [5.74, 6) is 0.508. The van der Waals surface area contributed by atoms with E-state index in [4.69, 9.17) is 4.74 Å². The van der Waals surface area contributed by atoms with E-state index in [0.717, 1.165) is 13.0 Å². The van der Waals surface area contributed by atoms with Crippen LogP contribution < -0.4 is 0 Å². The lowest BCUT2D eigenvalue weighted by molar-refractivity contribution is 0.183. The number of allylic oxidation sites excluding steroid dienone is 2. The smallest absolute Gasteiger partial charge is 0.0559 e. The summed E-state index contributed by atoms with van der Waals surface area (Å²) in [6, 6.07) is 0. The second-order valence-electron chi connectivity index (χ2n) is 3.32. The van der Waals surface area contributed by atoms with Crippen LogP contribution >= 0.6 is 0 Å². The van der Waals surface area contributed by atoms with Crippen molar-refractivity contribution in [2.45, 2.75) is 20.3 Å². The fourth-order valence-corrected chi connectivity index (χ4v) is 1.63. The molecule has 0 amide bonds.